The maximum Gasteiger partial charge on any atom is 0.244 e. The molecule has 0 saturated heterocycles. The Morgan fingerprint density at radius 1 is 1.03 bits per heavy atom. The van der Waals surface area contributed by atoms with Crippen LogP contribution in [-0.2, 0) is 26.2 Å². The van der Waals surface area contributed by atoms with Crippen molar-refractivity contribution in [1.29, 1.82) is 0 Å². The number of aryl methyl sites for hydroxylation is 1. The molecule has 0 saturated carbocycles. The molecular weight excluding hydrogens is 414 g/mol. The third-order valence-corrected chi connectivity index (χ3v) is 6.05. The molecule has 0 fully saturated rings. The summed E-state index contributed by atoms with van der Waals surface area (Å²) in [5.74, 6) is -0.720. The zero-order valence-electron chi connectivity index (χ0n) is 18.5. The Labute approximate surface area is 185 Å². The van der Waals surface area contributed by atoms with E-state index in [-0.39, 0.29) is 19.0 Å². The van der Waals surface area contributed by atoms with E-state index in [2.05, 4.69) is 5.32 Å². The molecule has 7 nitrogen and oxygen atoms in total. The third-order valence-electron chi connectivity index (χ3n) is 4.91. The van der Waals surface area contributed by atoms with Crippen molar-refractivity contribution in [2.75, 3.05) is 23.7 Å². The zero-order chi connectivity index (χ0) is 23.0. The first-order chi connectivity index (χ1) is 14.6. The summed E-state index contributed by atoms with van der Waals surface area (Å²) in [6.45, 7) is 5.90. The van der Waals surface area contributed by atoms with Gasteiger partial charge in [0.2, 0.25) is 21.8 Å². The van der Waals surface area contributed by atoms with E-state index in [9.17, 15) is 18.0 Å². The highest BCUT2D eigenvalue weighted by Gasteiger charge is 2.29. The van der Waals surface area contributed by atoms with Gasteiger partial charge in [0.1, 0.15) is 12.6 Å². The lowest BCUT2D eigenvalue weighted by atomic mass is 10.1. The van der Waals surface area contributed by atoms with Gasteiger partial charge in [0.25, 0.3) is 0 Å². The molecule has 0 aliphatic carbocycles. The Kier molecular flexibility index (Phi) is 8.62. The van der Waals surface area contributed by atoms with Crippen LogP contribution in [0.3, 0.4) is 0 Å². The van der Waals surface area contributed by atoms with Crippen molar-refractivity contribution >= 4 is 27.5 Å². The number of rotatable bonds is 10. The molecule has 0 radical (unpaired) electrons. The highest BCUT2D eigenvalue weighted by Crippen LogP contribution is 2.18. The first kappa shape index (κ1) is 24.4. The molecule has 0 unspecified atom stereocenters. The van der Waals surface area contributed by atoms with Gasteiger partial charge >= 0.3 is 0 Å². The number of hydrogen-bond acceptors (Lipinski definition) is 4. The van der Waals surface area contributed by atoms with E-state index in [1.54, 1.807) is 37.3 Å². The van der Waals surface area contributed by atoms with Crippen LogP contribution in [0, 0.1) is 6.92 Å². The van der Waals surface area contributed by atoms with Crippen LogP contribution in [0.25, 0.3) is 0 Å². The molecule has 2 aromatic carbocycles. The lowest BCUT2D eigenvalue weighted by Gasteiger charge is -2.31. The van der Waals surface area contributed by atoms with Crippen LogP contribution < -0.4 is 9.62 Å². The molecule has 0 spiro atoms. The predicted molar refractivity (Wildman–Crippen MR) is 123 cm³/mol. The number of carbonyl (C=O) groups is 2. The van der Waals surface area contributed by atoms with Crippen molar-refractivity contribution < 1.29 is 18.0 Å². The lowest BCUT2D eigenvalue weighted by molar-refractivity contribution is -0.139. The minimum atomic E-state index is -3.70. The lowest BCUT2D eigenvalue weighted by Crippen LogP contribution is -2.51. The number of hydrogen-bond donors (Lipinski definition) is 1. The number of nitrogens with zero attached hydrogens (tertiary/aromatic N) is 2. The number of nitrogens with one attached hydrogen (secondary N) is 1. The summed E-state index contributed by atoms with van der Waals surface area (Å²) in [4.78, 5) is 27.3. The zero-order valence-corrected chi connectivity index (χ0v) is 19.4. The molecule has 2 rings (SSSR count). The molecule has 0 aromatic heterocycles. The van der Waals surface area contributed by atoms with Gasteiger partial charge in [-0.1, -0.05) is 55.0 Å². The summed E-state index contributed by atoms with van der Waals surface area (Å²) >= 11 is 0. The van der Waals surface area contributed by atoms with E-state index in [1.165, 1.54) is 4.90 Å². The maximum absolute atomic E-state index is 13.3. The van der Waals surface area contributed by atoms with Gasteiger partial charge in [-0.25, -0.2) is 8.42 Å². The van der Waals surface area contributed by atoms with Crippen LogP contribution in [0.2, 0.25) is 0 Å². The molecule has 0 aliphatic rings. The van der Waals surface area contributed by atoms with Gasteiger partial charge in [-0.15, -0.1) is 0 Å². The van der Waals surface area contributed by atoms with Crippen LogP contribution >= 0.6 is 0 Å². The minimum Gasteiger partial charge on any atom is -0.354 e. The number of anilines is 1. The number of para-hydroxylation sites is 1. The number of amides is 2. The second kappa shape index (κ2) is 10.9. The van der Waals surface area contributed by atoms with Crippen molar-refractivity contribution in [1.82, 2.24) is 10.2 Å². The van der Waals surface area contributed by atoms with E-state index in [4.69, 9.17) is 0 Å². The van der Waals surface area contributed by atoms with Gasteiger partial charge in [-0.05, 0) is 38.0 Å². The Bertz CT molecular complexity index is 976. The molecule has 0 aliphatic heterocycles. The van der Waals surface area contributed by atoms with Crippen molar-refractivity contribution in [2.24, 2.45) is 0 Å². The van der Waals surface area contributed by atoms with Gasteiger partial charge in [0.05, 0.1) is 11.9 Å². The molecule has 2 amide bonds. The standard InChI is InChI=1S/C23H31N3O4S/c1-5-15-24-23(28)19(3)25(16-20-13-11-18(2)12-14-20)22(27)17-26(31(4,29)30)21-9-7-6-8-10-21/h6-14,19H,5,15-17H2,1-4H3,(H,24,28)/t19-/m0/s1. The number of carbonyl (C=O) groups excluding carboxylic acids is 2. The van der Waals surface area contributed by atoms with E-state index in [0.717, 1.165) is 28.1 Å². The quantitative estimate of drug-likeness (QED) is 0.609. The largest absolute Gasteiger partial charge is 0.354 e. The molecule has 168 valence electrons. The summed E-state index contributed by atoms with van der Waals surface area (Å²) < 4.78 is 25.9. The predicted octanol–water partition coefficient (Wildman–Crippen LogP) is 2.70. The van der Waals surface area contributed by atoms with Gasteiger partial charge in [0.15, 0.2) is 0 Å². The average Bonchev–Trinajstić information content (AvgIpc) is 2.74. The molecule has 8 heteroatoms. The normalized spacial score (nSPS) is 12.1. The fourth-order valence-electron chi connectivity index (χ4n) is 3.08. The van der Waals surface area contributed by atoms with Gasteiger partial charge in [-0.3, -0.25) is 13.9 Å². The first-order valence-electron chi connectivity index (χ1n) is 10.3. The third kappa shape index (κ3) is 7.10. The van der Waals surface area contributed by atoms with Crippen molar-refractivity contribution in [2.45, 2.75) is 39.8 Å². The first-order valence-corrected chi connectivity index (χ1v) is 12.1. The fourth-order valence-corrected chi connectivity index (χ4v) is 3.93. The van der Waals surface area contributed by atoms with Crippen molar-refractivity contribution in [3.8, 4) is 0 Å². The summed E-state index contributed by atoms with van der Waals surface area (Å²) in [7, 11) is -3.70. The van der Waals surface area contributed by atoms with E-state index >= 15 is 0 Å². The van der Waals surface area contributed by atoms with Crippen LogP contribution in [0.1, 0.15) is 31.4 Å². The molecule has 1 N–H and O–H groups in total. The monoisotopic (exact) mass is 445 g/mol. The van der Waals surface area contributed by atoms with Crippen LogP contribution in [-0.4, -0.2) is 50.5 Å². The van der Waals surface area contributed by atoms with E-state index in [1.807, 2.05) is 38.1 Å². The highest BCUT2D eigenvalue weighted by atomic mass is 32.2. The highest BCUT2D eigenvalue weighted by molar-refractivity contribution is 7.92. The maximum atomic E-state index is 13.3. The smallest absolute Gasteiger partial charge is 0.244 e. The fraction of sp³-hybridized carbons (Fsp3) is 0.391. The van der Waals surface area contributed by atoms with Crippen LogP contribution in [0.15, 0.2) is 54.6 Å². The van der Waals surface area contributed by atoms with Crippen molar-refractivity contribution in [3.05, 3.63) is 65.7 Å². The molecule has 2 aromatic rings. The summed E-state index contributed by atoms with van der Waals surface area (Å²) in [5, 5.41) is 2.81. The van der Waals surface area contributed by atoms with E-state index in [0.29, 0.717) is 12.2 Å². The SMILES string of the molecule is CCCNC(=O)[C@H](C)N(Cc1ccc(C)cc1)C(=O)CN(c1ccccc1)S(C)(=O)=O. The summed E-state index contributed by atoms with van der Waals surface area (Å²) in [6, 6.07) is 15.4. The Hall–Kier alpha value is -2.87. The minimum absolute atomic E-state index is 0.201. The van der Waals surface area contributed by atoms with Gasteiger partial charge < -0.3 is 10.2 Å². The molecule has 31 heavy (non-hydrogen) atoms. The molecule has 1 atom stereocenters. The molecule has 0 bridgehead atoms. The second-order valence-electron chi connectivity index (χ2n) is 7.58. The summed E-state index contributed by atoms with van der Waals surface area (Å²) in [6.07, 6.45) is 1.84. The number of benzene rings is 2. The van der Waals surface area contributed by atoms with Crippen LogP contribution in [0.5, 0.6) is 0 Å². The second-order valence-corrected chi connectivity index (χ2v) is 9.49. The van der Waals surface area contributed by atoms with E-state index < -0.39 is 22.0 Å². The molecular formula is C23H31N3O4S. The van der Waals surface area contributed by atoms with Crippen molar-refractivity contribution in [3.63, 3.8) is 0 Å². The summed E-state index contributed by atoms with van der Waals surface area (Å²) in [5.41, 5.74) is 2.35. The van der Waals surface area contributed by atoms with Gasteiger partial charge in [0, 0.05) is 13.1 Å². The Balaban J connectivity index is 2.32. The van der Waals surface area contributed by atoms with Crippen LogP contribution in [0.4, 0.5) is 5.69 Å². The number of sulfonamides is 1. The Morgan fingerprint density at radius 2 is 1.65 bits per heavy atom. The Morgan fingerprint density at radius 3 is 2.19 bits per heavy atom. The average molecular weight is 446 g/mol. The topological polar surface area (TPSA) is 86.8 Å². The molecule has 0 heterocycles. The van der Waals surface area contributed by atoms with Gasteiger partial charge in [-0.2, -0.15) is 0 Å².